The number of rotatable bonds is 7. The van der Waals surface area contributed by atoms with Crippen LogP contribution in [-0.4, -0.2) is 24.7 Å². The minimum atomic E-state index is -0.640. The molecule has 0 aromatic heterocycles. The van der Waals surface area contributed by atoms with Gasteiger partial charge in [-0.05, 0) is 54.8 Å². The van der Waals surface area contributed by atoms with Crippen molar-refractivity contribution in [2.75, 3.05) is 18.1 Å². The van der Waals surface area contributed by atoms with Crippen molar-refractivity contribution in [3.8, 4) is 11.5 Å². The van der Waals surface area contributed by atoms with Gasteiger partial charge in [0.05, 0.1) is 6.61 Å². The van der Waals surface area contributed by atoms with Crippen LogP contribution in [-0.2, 0) is 16.8 Å². The lowest BCUT2D eigenvalue weighted by Gasteiger charge is -2.49. The van der Waals surface area contributed by atoms with Crippen LogP contribution in [0.5, 0.6) is 11.5 Å². The number of nitrogens with one attached hydrogen (secondary N) is 1. The Morgan fingerprint density at radius 1 is 1.00 bits per heavy atom. The third kappa shape index (κ3) is 4.13. The molecule has 3 aromatic rings. The second kappa shape index (κ2) is 9.38. The van der Waals surface area contributed by atoms with E-state index in [1.54, 1.807) is 0 Å². The first-order chi connectivity index (χ1) is 17.3. The molecular weight excluding hydrogens is 448 g/mol. The zero-order chi connectivity index (χ0) is 25.3. The molecule has 1 atom stereocenters. The van der Waals surface area contributed by atoms with Crippen LogP contribution in [0, 0.1) is 6.92 Å². The second-order valence-corrected chi connectivity index (χ2v) is 10.1. The predicted octanol–water partition coefficient (Wildman–Crippen LogP) is 6.00. The molecule has 2 heterocycles. The van der Waals surface area contributed by atoms with Crippen molar-refractivity contribution >= 4 is 17.7 Å². The van der Waals surface area contributed by atoms with Crippen LogP contribution in [0.2, 0.25) is 0 Å². The van der Waals surface area contributed by atoms with Gasteiger partial charge in [0.1, 0.15) is 12.3 Å². The summed E-state index contributed by atoms with van der Waals surface area (Å²) >= 11 is 0. The second-order valence-electron chi connectivity index (χ2n) is 10.1. The van der Waals surface area contributed by atoms with E-state index in [0.29, 0.717) is 37.7 Å². The first-order valence-corrected chi connectivity index (χ1v) is 12.7. The predicted molar refractivity (Wildman–Crippen MR) is 144 cm³/mol. The Hall–Kier alpha value is -3.73. The Balaban J connectivity index is 1.44. The fraction of sp³-hybridized carbons (Fsp3) is 0.323. The molecule has 1 saturated heterocycles. The number of aryl methyl sites for hydroxylation is 1. The fourth-order valence-electron chi connectivity index (χ4n) is 5.40. The topological polar surface area (TPSA) is 50.8 Å². The van der Waals surface area contributed by atoms with Crippen molar-refractivity contribution < 1.29 is 14.3 Å². The van der Waals surface area contributed by atoms with Gasteiger partial charge in [-0.1, -0.05) is 74.0 Å². The summed E-state index contributed by atoms with van der Waals surface area (Å²) in [5.74, 6) is 1.50. The molecular formula is C31H34N2O3. The number of carbonyl (C=O) groups is 1. The third-order valence-electron chi connectivity index (χ3n) is 7.44. The lowest BCUT2D eigenvalue weighted by atomic mass is 9.74. The Morgan fingerprint density at radius 3 is 2.56 bits per heavy atom. The molecule has 5 heteroatoms. The van der Waals surface area contributed by atoms with Gasteiger partial charge in [0, 0.05) is 24.1 Å². The van der Waals surface area contributed by atoms with E-state index in [2.05, 4.69) is 91.7 Å². The highest BCUT2D eigenvalue weighted by Crippen LogP contribution is 2.52. The maximum absolute atomic E-state index is 12.6. The highest BCUT2D eigenvalue weighted by atomic mass is 16.5. The lowest BCUT2D eigenvalue weighted by Crippen LogP contribution is -2.68. The molecule has 1 unspecified atom stereocenters. The summed E-state index contributed by atoms with van der Waals surface area (Å²) in [4.78, 5) is 15.0. The Kier molecular flexibility index (Phi) is 6.25. The Labute approximate surface area is 213 Å². The summed E-state index contributed by atoms with van der Waals surface area (Å²) in [7, 11) is 0. The molecule has 2 aliphatic heterocycles. The number of benzene rings is 3. The van der Waals surface area contributed by atoms with Crippen LogP contribution in [0.1, 0.15) is 49.4 Å². The summed E-state index contributed by atoms with van der Waals surface area (Å²) in [6.07, 6.45) is 4.71. The lowest BCUT2D eigenvalue weighted by molar-refractivity contribution is -0.124. The zero-order valence-electron chi connectivity index (χ0n) is 21.5. The van der Waals surface area contributed by atoms with Crippen molar-refractivity contribution in [3.05, 3.63) is 95.1 Å². The number of para-hydroxylation sites is 1. The number of amides is 1. The van der Waals surface area contributed by atoms with Gasteiger partial charge in [-0.15, -0.1) is 0 Å². The molecule has 5 nitrogen and oxygen atoms in total. The van der Waals surface area contributed by atoms with E-state index in [0.717, 1.165) is 11.1 Å². The van der Waals surface area contributed by atoms with E-state index in [9.17, 15) is 4.79 Å². The van der Waals surface area contributed by atoms with Crippen LogP contribution in [0.15, 0.2) is 72.8 Å². The van der Waals surface area contributed by atoms with Gasteiger partial charge in [-0.3, -0.25) is 4.79 Å². The SMILES string of the molecule is CCOc1cc(/C=C/C23NC(=O)CCN2c2ccccc2C3(C)C)ccc1OCc1ccc(C)cc1. The maximum Gasteiger partial charge on any atom is 0.223 e. The number of nitrogens with zero attached hydrogens (tertiary/aromatic N) is 1. The van der Waals surface area contributed by atoms with Crippen molar-refractivity contribution in [1.82, 2.24) is 5.32 Å². The molecule has 3 aromatic carbocycles. The largest absolute Gasteiger partial charge is 0.490 e. The smallest absolute Gasteiger partial charge is 0.223 e. The molecule has 0 aliphatic carbocycles. The molecule has 1 amide bonds. The zero-order valence-corrected chi connectivity index (χ0v) is 21.5. The summed E-state index contributed by atoms with van der Waals surface area (Å²) < 4.78 is 12.0. The number of ether oxygens (including phenoxy) is 2. The fourth-order valence-corrected chi connectivity index (χ4v) is 5.40. The average molecular weight is 483 g/mol. The van der Waals surface area contributed by atoms with E-state index in [4.69, 9.17) is 9.47 Å². The molecule has 1 N–H and O–H groups in total. The van der Waals surface area contributed by atoms with Crippen molar-refractivity contribution in [3.63, 3.8) is 0 Å². The van der Waals surface area contributed by atoms with Gasteiger partial charge in [-0.25, -0.2) is 0 Å². The van der Waals surface area contributed by atoms with Crippen molar-refractivity contribution in [2.24, 2.45) is 0 Å². The number of hydrogen-bond donors (Lipinski definition) is 1. The first kappa shape index (κ1) is 24.0. The van der Waals surface area contributed by atoms with Gasteiger partial charge in [-0.2, -0.15) is 0 Å². The van der Waals surface area contributed by atoms with Gasteiger partial charge in [0.15, 0.2) is 11.5 Å². The number of anilines is 1. The molecule has 0 radical (unpaired) electrons. The minimum absolute atomic E-state index is 0.0756. The normalized spacial score (nSPS) is 20.1. The van der Waals surface area contributed by atoms with E-state index in [-0.39, 0.29) is 11.3 Å². The van der Waals surface area contributed by atoms with Crippen molar-refractivity contribution in [1.29, 1.82) is 0 Å². The highest BCUT2D eigenvalue weighted by molar-refractivity contribution is 5.84. The average Bonchev–Trinajstić information content (AvgIpc) is 3.07. The number of fused-ring (bicyclic) bond motifs is 3. The maximum atomic E-state index is 12.6. The standard InChI is InChI=1S/C31H34N2O3/c1-5-35-28-20-23(14-15-27(28)36-21-24-12-10-22(2)11-13-24)16-18-31-30(3,4)25-8-6-7-9-26(25)33(31)19-17-29(34)32-31/h6-16,18,20H,5,17,19,21H2,1-4H3,(H,32,34)/b18-16+. The monoisotopic (exact) mass is 482 g/mol. The first-order valence-electron chi connectivity index (χ1n) is 12.7. The molecule has 2 aliphatic rings. The van der Waals surface area contributed by atoms with Gasteiger partial charge in [0.25, 0.3) is 0 Å². The molecule has 0 spiro atoms. The van der Waals surface area contributed by atoms with Gasteiger partial charge < -0.3 is 19.7 Å². The van der Waals surface area contributed by atoms with E-state index in [1.807, 2.05) is 25.1 Å². The number of hydrogen-bond acceptors (Lipinski definition) is 4. The summed E-state index contributed by atoms with van der Waals surface area (Å²) in [6.45, 7) is 10.2. The highest BCUT2D eigenvalue weighted by Gasteiger charge is 2.57. The van der Waals surface area contributed by atoms with Gasteiger partial charge >= 0.3 is 0 Å². The Bertz CT molecular complexity index is 1300. The third-order valence-corrected chi connectivity index (χ3v) is 7.44. The van der Waals surface area contributed by atoms with Crippen LogP contribution >= 0.6 is 0 Å². The molecule has 5 rings (SSSR count). The van der Waals surface area contributed by atoms with Crippen molar-refractivity contribution in [2.45, 2.75) is 51.8 Å². The van der Waals surface area contributed by atoms with E-state index < -0.39 is 5.66 Å². The summed E-state index contributed by atoms with van der Waals surface area (Å²) in [6, 6.07) is 22.8. The Morgan fingerprint density at radius 2 is 1.78 bits per heavy atom. The molecule has 1 fully saturated rings. The van der Waals surface area contributed by atoms with E-state index >= 15 is 0 Å². The van der Waals surface area contributed by atoms with Crippen LogP contribution in [0.3, 0.4) is 0 Å². The quantitative estimate of drug-likeness (QED) is 0.449. The van der Waals surface area contributed by atoms with Crippen LogP contribution in [0.4, 0.5) is 5.69 Å². The molecule has 0 saturated carbocycles. The molecule has 186 valence electrons. The van der Waals surface area contributed by atoms with Crippen LogP contribution in [0.25, 0.3) is 6.08 Å². The summed E-state index contributed by atoms with van der Waals surface area (Å²) in [5.41, 5.74) is 4.80. The van der Waals surface area contributed by atoms with Crippen LogP contribution < -0.4 is 19.7 Å². The molecule has 0 bridgehead atoms. The van der Waals surface area contributed by atoms with Gasteiger partial charge in [0.2, 0.25) is 5.91 Å². The number of carbonyl (C=O) groups excluding carboxylic acids is 1. The summed E-state index contributed by atoms with van der Waals surface area (Å²) in [5, 5.41) is 3.34. The minimum Gasteiger partial charge on any atom is -0.490 e. The van der Waals surface area contributed by atoms with E-state index in [1.165, 1.54) is 16.8 Å². The molecule has 36 heavy (non-hydrogen) atoms.